The van der Waals surface area contributed by atoms with Crippen molar-refractivity contribution in [2.75, 3.05) is 11.9 Å². The van der Waals surface area contributed by atoms with Crippen LogP contribution in [0.15, 0.2) is 33.9 Å². The molecule has 0 amide bonds. The van der Waals surface area contributed by atoms with Crippen LogP contribution in [0.5, 0.6) is 0 Å². The minimum atomic E-state index is -0.303. The first kappa shape index (κ1) is 13.9. The normalized spacial score (nSPS) is 13.3. The van der Waals surface area contributed by atoms with Crippen LogP contribution in [-0.4, -0.2) is 20.7 Å². The highest BCUT2D eigenvalue weighted by molar-refractivity contribution is 6.01. The maximum Gasteiger partial charge on any atom is 0.331 e. The Morgan fingerprint density at radius 2 is 1.61 bits per heavy atom. The summed E-state index contributed by atoms with van der Waals surface area (Å²) in [5.74, 6) is 0. The van der Waals surface area contributed by atoms with Gasteiger partial charge < -0.3 is 9.47 Å². The molecule has 1 aromatic carbocycles. The molecule has 0 N–H and O–H groups in total. The number of nitrogens with zero attached hydrogens (tertiary/aromatic N) is 4. The third-order valence-electron chi connectivity index (χ3n) is 4.87. The van der Waals surface area contributed by atoms with Crippen molar-refractivity contribution < 1.29 is 0 Å². The molecule has 0 saturated heterocycles. The molecular formula is C17H18N4O2. The van der Waals surface area contributed by atoms with Crippen LogP contribution < -0.4 is 16.1 Å². The van der Waals surface area contributed by atoms with E-state index in [0.717, 1.165) is 22.2 Å². The van der Waals surface area contributed by atoms with Gasteiger partial charge in [0.1, 0.15) is 5.69 Å². The quantitative estimate of drug-likeness (QED) is 0.627. The number of aryl methyl sites for hydroxylation is 1. The highest BCUT2D eigenvalue weighted by atomic mass is 16.2. The fraction of sp³-hybridized carbons (Fsp3) is 0.294. The van der Waals surface area contributed by atoms with Crippen molar-refractivity contribution in [1.29, 1.82) is 0 Å². The number of hydrogen-bond donors (Lipinski definition) is 0. The van der Waals surface area contributed by atoms with Gasteiger partial charge in [-0.2, -0.15) is 0 Å². The summed E-state index contributed by atoms with van der Waals surface area (Å²) in [7, 11) is 7.17. The predicted octanol–water partition coefficient (Wildman–Crippen LogP) is 1.19. The number of rotatable bonds is 0. The summed E-state index contributed by atoms with van der Waals surface area (Å²) in [6, 6.07) is 8.10. The Bertz CT molecular complexity index is 1080. The highest BCUT2D eigenvalue weighted by Crippen LogP contribution is 2.41. The second-order valence-corrected chi connectivity index (χ2v) is 6.16. The van der Waals surface area contributed by atoms with Crippen LogP contribution in [0.2, 0.25) is 0 Å². The number of fused-ring (bicyclic) bond motifs is 5. The van der Waals surface area contributed by atoms with Gasteiger partial charge in [-0.1, -0.05) is 18.2 Å². The van der Waals surface area contributed by atoms with Crippen molar-refractivity contribution in [1.82, 2.24) is 13.7 Å². The van der Waals surface area contributed by atoms with Gasteiger partial charge in [0.2, 0.25) is 0 Å². The molecule has 0 spiro atoms. The van der Waals surface area contributed by atoms with E-state index in [1.165, 1.54) is 11.6 Å². The molecule has 118 valence electrons. The molecule has 6 heteroatoms. The van der Waals surface area contributed by atoms with Crippen molar-refractivity contribution >= 4 is 16.6 Å². The minimum absolute atomic E-state index is 0.246. The first-order valence-electron chi connectivity index (χ1n) is 7.51. The Balaban J connectivity index is 2.28. The zero-order valence-corrected chi connectivity index (χ0v) is 13.6. The Labute approximate surface area is 132 Å². The second-order valence-electron chi connectivity index (χ2n) is 6.16. The molecule has 0 unspecified atom stereocenters. The first-order valence-corrected chi connectivity index (χ1v) is 7.51. The maximum atomic E-state index is 12.7. The topological polar surface area (TPSA) is 52.2 Å². The molecule has 0 saturated carbocycles. The molecule has 0 fully saturated rings. The van der Waals surface area contributed by atoms with Crippen molar-refractivity contribution in [3.63, 3.8) is 0 Å². The molecule has 0 atom stereocenters. The Hall–Kier alpha value is -2.76. The lowest BCUT2D eigenvalue weighted by atomic mass is 10.0. The maximum absolute atomic E-state index is 12.7. The fourth-order valence-electron chi connectivity index (χ4n) is 3.66. The predicted molar refractivity (Wildman–Crippen MR) is 90.9 cm³/mol. The van der Waals surface area contributed by atoms with Gasteiger partial charge >= 0.3 is 5.69 Å². The molecule has 3 aromatic rings. The van der Waals surface area contributed by atoms with E-state index in [9.17, 15) is 9.59 Å². The van der Waals surface area contributed by atoms with Crippen LogP contribution in [0.3, 0.4) is 0 Å². The van der Waals surface area contributed by atoms with E-state index in [1.807, 2.05) is 37.2 Å². The molecule has 0 aliphatic carbocycles. The summed E-state index contributed by atoms with van der Waals surface area (Å²) in [5, 5.41) is 1.07. The summed E-state index contributed by atoms with van der Waals surface area (Å²) < 4.78 is 4.90. The molecule has 1 aliphatic rings. The van der Waals surface area contributed by atoms with Gasteiger partial charge in [-0.3, -0.25) is 13.9 Å². The summed E-state index contributed by atoms with van der Waals surface area (Å²) in [6.45, 7) is 0.640. The Morgan fingerprint density at radius 1 is 0.913 bits per heavy atom. The van der Waals surface area contributed by atoms with E-state index < -0.39 is 0 Å². The number of benzene rings is 1. The van der Waals surface area contributed by atoms with E-state index in [0.29, 0.717) is 17.9 Å². The van der Waals surface area contributed by atoms with Crippen molar-refractivity contribution in [2.24, 2.45) is 21.1 Å². The van der Waals surface area contributed by atoms with Gasteiger partial charge in [-0.25, -0.2) is 4.79 Å². The monoisotopic (exact) mass is 310 g/mol. The van der Waals surface area contributed by atoms with Crippen LogP contribution in [0.25, 0.3) is 22.2 Å². The number of hydrogen-bond acceptors (Lipinski definition) is 3. The lowest BCUT2D eigenvalue weighted by Gasteiger charge is -2.29. The molecule has 6 nitrogen and oxygen atoms in total. The average Bonchev–Trinajstić information content (AvgIpc) is 2.83. The molecule has 3 heterocycles. The average molecular weight is 310 g/mol. The standard InChI is InChI=1S/C17H18N4O2/c1-18-9-12-13(10-7-5-6-8-11(10)19(12)2)14-15(18)16(22)21(4)17(23)20(14)3/h5-8H,9H2,1-4H3. The second kappa shape index (κ2) is 4.38. The lowest BCUT2D eigenvalue weighted by Crippen LogP contribution is -2.42. The van der Waals surface area contributed by atoms with Gasteiger partial charge in [0.25, 0.3) is 5.56 Å². The van der Waals surface area contributed by atoms with Crippen molar-refractivity contribution in [2.45, 2.75) is 6.54 Å². The third-order valence-corrected chi connectivity index (χ3v) is 4.87. The van der Waals surface area contributed by atoms with Gasteiger partial charge in [0, 0.05) is 50.4 Å². The molecule has 2 aromatic heterocycles. The first-order chi connectivity index (χ1) is 10.9. The van der Waals surface area contributed by atoms with Gasteiger partial charge in [0.15, 0.2) is 0 Å². The van der Waals surface area contributed by atoms with Crippen molar-refractivity contribution in [3.8, 4) is 11.3 Å². The van der Waals surface area contributed by atoms with Gasteiger partial charge in [-0.15, -0.1) is 0 Å². The molecule has 4 rings (SSSR count). The zero-order valence-electron chi connectivity index (χ0n) is 13.6. The lowest BCUT2D eigenvalue weighted by molar-refractivity contribution is 0.673. The van der Waals surface area contributed by atoms with E-state index in [-0.39, 0.29) is 11.2 Å². The minimum Gasteiger partial charge on any atom is -0.363 e. The van der Waals surface area contributed by atoms with Crippen LogP contribution in [0.4, 0.5) is 5.69 Å². The number of para-hydroxylation sites is 1. The smallest absolute Gasteiger partial charge is 0.331 e. The summed E-state index contributed by atoms with van der Waals surface area (Å²) in [6.07, 6.45) is 0. The Kier molecular flexibility index (Phi) is 2.64. The van der Waals surface area contributed by atoms with Crippen LogP contribution >= 0.6 is 0 Å². The third kappa shape index (κ3) is 1.58. The Morgan fingerprint density at radius 3 is 2.35 bits per heavy atom. The van der Waals surface area contributed by atoms with E-state index in [1.54, 1.807) is 11.6 Å². The molecule has 1 aliphatic heterocycles. The summed E-state index contributed by atoms with van der Waals surface area (Å²) in [5.41, 5.74) is 3.95. The highest BCUT2D eigenvalue weighted by Gasteiger charge is 2.30. The van der Waals surface area contributed by atoms with E-state index >= 15 is 0 Å². The van der Waals surface area contributed by atoms with E-state index in [2.05, 4.69) is 10.6 Å². The molecular weight excluding hydrogens is 292 g/mol. The number of aromatic nitrogens is 3. The van der Waals surface area contributed by atoms with Crippen LogP contribution in [-0.2, 0) is 27.7 Å². The largest absolute Gasteiger partial charge is 0.363 e. The number of anilines is 1. The zero-order chi connectivity index (χ0) is 16.5. The molecule has 23 heavy (non-hydrogen) atoms. The van der Waals surface area contributed by atoms with Crippen LogP contribution in [0, 0.1) is 0 Å². The summed E-state index contributed by atoms with van der Waals surface area (Å²) >= 11 is 0. The van der Waals surface area contributed by atoms with Gasteiger partial charge in [0.05, 0.1) is 12.2 Å². The van der Waals surface area contributed by atoms with E-state index in [4.69, 9.17) is 0 Å². The summed E-state index contributed by atoms with van der Waals surface area (Å²) in [4.78, 5) is 27.0. The SMILES string of the molecule is CN1Cc2c(c3ccccc3n2C)-c2c1c(=O)n(C)c(=O)n2C. The fourth-order valence-corrected chi connectivity index (χ4v) is 3.66. The molecule has 0 bridgehead atoms. The van der Waals surface area contributed by atoms with Gasteiger partial charge in [-0.05, 0) is 6.07 Å². The van der Waals surface area contributed by atoms with Crippen molar-refractivity contribution in [3.05, 3.63) is 50.8 Å². The molecule has 0 radical (unpaired) electrons. The van der Waals surface area contributed by atoms with Crippen LogP contribution in [0.1, 0.15) is 5.69 Å².